The fourth-order valence-electron chi connectivity index (χ4n) is 3.41. The van der Waals surface area contributed by atoms with Gasteiger partial charge in [0.15, 0.2) is 0 Å². The van der Waals surface area contributed by atoms with Gasteiger partial charge in [-0.2, -0.15) is 0 Å². The zero-order chi connectivity index (χ0) is 17.1. The summed E-state index contributed by atoms with van der Waals surface area (Å²) in [6.07, 6.45) is 1.06. The minimum atomic E-state index is -0.0639. The van der Waals surface area contributed by atoms with Gasteiger partial charge in [0.25, 0.3) is 5.56 Å². The van der Waals surface area contributed by atoms with E-state index in [4.69, 9.17) is 0 Å². The largest absolute Gasteiger partial charge is 0.341 e. The summed E-state index contributed by atoms with van der Waals surface area (Å²) in [6.45, 7) is 4.77. The fourth-order valence-corrected chi connectivity index (χ4v) is 3.41. The van der Waals surface area contributed by atoms with Crippen molar-refractivity contribution in [1.29, 1.82) is 0 Å². The van der Waals surface area contributed by atoms with Crippen molar-refractivity contribution < 1.29 is 0 Å². The third kappa shape index (κ3) is 3.56. The summed E-state index contributed by atoms with van der Waals surface area (Å²) in [5.41, 5.74) is 2.03. The summed E-state index contributed by atoms with van der Waals surface area (Å²) >= 11 is 0. The van der Waals surface area contributed by atoms with Gasteiger partial charge in [0.05, 0.1) is 10.9 Å². The Hall–Kier alpha value is -2.66. The van der Waals surface area contributed by atoms with Crippen LogP contribution in [0.2, 0.25) is 0 Å². The molecule has 1 aliphatic heterocycles. The number of H-pyrrole nitrogens is 1. The molecule has 0 amide bonds. The molecule has 1 N–H and O–H groups in total. The number of aromatic amines is 1. The Morgan fingerprint density at radius 2 is 1.72 bits per heavy atom. The molecule has 1 aliphatic rings. The molecule has 2 heterocycles. The number of aromatic nitrogens is 2. The number of benzene rings is 2. The zero-order valence-electron chi connectivity index (χ0n) is 14.2. The van der Waals surface area contributed by atoms with Crippen LogP contribution in [-0.4, -0.2) is 41.0 Å². The van der Waals surface area contributed by atoms with Crippen LogP contribution < -0.4 is 10.5 Å². The van der Waals surface area contributed by atoms with Crippen LogP contribution in [0.5, 0.6) is 0 Å². The van der Waals surface area contributed by atoms with Gasteiger partial charge in [-0.25, -0.2) is 4.98 Å². The van der Waals surface area contributed by atoms with Crippen molar-refractivity contribution in [2.75, 3.05) is 31.1 Å². The lowest BCUT2D eigenvalue weighted by Gasteiger charge is -2.22. The van der Waals surface area contributed by atoms with E-state index in [1.807, 2.05) is 24.3 Å². The average molecular weight is 334 g/mol. The number of rotatable bonds is 3. The second-order valence-corrected chi connectivity index (χ2v) is 6.51. The van der Waals surface area contributed by atoms with Crippen LogP contribution in [0.1, 0.15) is 12.0 Å². The summed E-state index contributed by atoms with van der Waals surface area (Å²) in [5.74, 6) is 0.685. The summed E-state index contributed by atoms with van der Waals surface area (Å²) < 4.78 is 0. The molecule has 1 saturated heterocycles. The first kappa shape index (κ1) is 15.8. The van der Waals surface area contributed by atoms with Crippen LogP contribution in [0, 0.1) is 0 Å². The molecule has 128 valence electrons. The molecule has 0 aliphatic carbocycles. The molecule has 3 aromatic rings. The van der Waals surface area contributed by atoms with Gasteiger partial charge in [0.2, 0.25) is 5.95 Å². The van der Waals surface area contributed by atoms with Crippen molar-refractivity contribution in [2.24, 2.45) is 0 Å². The van der Waals surface area contributed by atoms with Gasteiger partial charge in [0.1, 0.15) is 0 Å². The number of hydrogen-bond acceptors (Lipinski definition) is 4. The second-order valence-electron chi connectivity index (χ2n) is 6.51. The maximum atomic E-state index is 12.3. The van der Waals surface area contributed by atoms with Gasteiger partial charge in [-0.15, -0.1) is 0 Å². The molecule has 25 heavy (non-hydrogen) atoms. The summed E-state index contributed by atoms with van der Waals surface area (Å²) in [5, 5.41) is 0.645. The van der Waals surface area contributed by atoms with Crippen LogP contribution in [0.3, 0.4) is 0 Å². The van der Waals surface area contributed by atoms with E-state index in [-0.39, 0.29) is 5.56 Å². The van der Waals surface area contributed by atoms with Crippen LogP contribution in [0.25, 0.3) is 10.9 Å². The highest BCUT2D eigenvalue weighted by Gasteiger charge is 2.17. The van der Waals surface area contributed by atoms with Gasteiger partial charge < -0.3 is 4.90 Å². The lowest BCUT2D eigenvalue weighted by atomic mass is 10.2. The second kappa shape index (κ2) is 7.07. The van der Waals surface area contributed by atoms with Crippen LogP contribution >= 0.6 is 0 Å². The number of anilines is 1. The summed E-state index contributed by atoms with van der Waals surface area (Å²) in [7, 11) is 0. The lowest BCUT2D eigenvalue weighted by Crippen LogP contribution is -2.32. The Balaban J connectivity index is 1.50. The first-order chi connectivity index (χ1) is 12.3. The first-order valence-corrected chi connectivity index (χ1v) is 8.80. The van der Waals surface area contributed by atoms with Crippen molar-refractivity contribution >= 4 is 16.9 Å². The van der Waals surface area contributed by atoms with Gasteiger partial charge in [-0.1, -0.05) is 42.5 Å². The van der Waals surface area contributed by atoms with Crippen molar-refractivity contribution in [1.82, 2.24) is 14.9 Å². The SMILES string of the molecule is O=c1[nH]c(N2CCCN(Cc3ccccc3)CC2)nc2ccccc12. The Kier molecular flexibility index (Phi) is 4.48. The van der Waals surface area contributed by atoms with Gasteiger partial charge >= 0.3 is 0 Å². The fraction of sp³-hybridized carbons (Fsp3) is 0.300. The predicted molar refractivity (Wildman–Crippen MR) is 101 cm³/mol. The molecule has 0 saturated carbocycles. The minimum absolute atomic E-state index is 0.0639. The topological polar surface area (TPSA) is 52.2 Å². The predicted octanol–water partition coefficient (Wildman–Crippen LogP) is 2.64. The van der Waals surface area contributed by atoms with E-state index >= 15 is 0 Å². The maximum Gasteiger partial charge on any atom is 0.260 e. The number of hydrogen-bond donors (Lipinski definition) is 1. The standard InChI is InChI=1S/C20H22N4O/c25-19-17-9-4-5-10-18(17)21-20(22-19)24-12-6-11-23(13-14-24)15-16-7-2-1-3-8-16/h1-5,7-10H,6,11-15H2,(H,21,22,25). The Labute approximate surface area is 146 Å². The maximum absolute atomic E-state index is 12.3. The summed E-state index contributed by atoms with van der Waals surface area (Å²) in [4.78, 5) is 24.6. The number of nitrogens with zero attached hydrogens (tertiary/aromatic N) is 3. The number of nitrogens with one attached hydrogen (secondary N) is 1. The van der Waals surface area contributed by atoms with E-state index in [1.165, 1.54) is 5.56 Å². The quantitative estimate of drug-likeness (QED) is 0.800. The van der Waals surface area contributed by atoms with Crippen molar-refractivity contribution in [3.05, 3.63) is 70.5 Å². The highest BCUT2D eigenvalue weighted by molar-refractivity contribution is 5.78. The third-order valence-electron chi connectivity index (χ3n) is 4.74. The highest BCUT2D eigenvalue weighted by Crippen LogP contribution is 2.15. The Morgan fingerprint density at radius 3 is 2.60 bits per heavy atom. The summed E-state index contributed by atoms with van der Waals surface area (Å²) in [6, 6.07) is 18.1. The third-order valence-corrected chi connectivity index (χ3v) is 4.74. The van der Waals surface area contributed by atoms with Gasteiger partial charge in [-0.3, -0.25) is 14.7 Å². The van der Waals surface area contributed by atoms with Crippen molar-refractivity contribution in [3.8, 4) is 0 Å². The van der Waals surface area contributed by atoms with Gasteiger partial charge in [0, 0.05) is 32.7 Å². The van der Waals surface area contributed by atoms with E-state index in [1.54, 1.807) is 0 Å². The van der Waals surface area contributed by atoms with Crippen LogP contribution in [-0.2, 0) is 6.54 Å². The van der Waals surface area contributed by atoms with Crippen LogP contribution in [0.4, 0.5) is 5.95 Å². The molecule has 0 radical (unpaired) electrons. The van der Waals surface area contributed by atoms with E-state index in [0.717, 1.165) is 44.7 Å². The molecular formula is C20H22N4O. The first-order valence-electron chi connectivity index (χ1n) is 8.80. The molecule has 0 bridgehead atoms. The highest BCUT2D eigenvalue weighted by atomic mass is 16.1. The molecule has 0 unspecified atom stereocenters. The minimum Gasteiger partial charge on any atom is -0.341 e. The zero-order valence-corrected chi connectivity index (χ0v) is 14.2. The van der Waals surface area contributed by atoms with E-state index < -0.39 is 0 Å². The van der Waals surface area contributed by atoms with Crippen LogP contribution in [0.15, 0.2) is 59.4 Å². The lowest BCUT2D eigenvalue weighted by molar-refractivity contribution is 0.285. The molecule has 1 aromatic heterocycles. The van der Waals surface area contributed by atoms with Crippen molar-refractivity contribution in [2.45, 2.75) is 13.0 Å². The smallest absolute Gasteiger partial charge is 0.260 e. The molecular weight excluding hydrogens is 312 g/mol. The molecule has 4 rings (SSSR count). The Morgan fingerprint density at radius 1 is 0.920 bits per heavy atom. The molecule has 1 fully saturated rings. The molecule has 0 atom stereocenters. The average Bonchev–Trinajstić information content (AvgIpc) is 2.88. The monoisotopic (exact) mass is 334 g/mol. The normalized spacial score (nSPS) is 16.1. The molecule has 0 spiro atoms. The Bertz CT molecular complexity index is 906. The van der Waals surface area contributed by atoms with Gasteiger partial charge in [-0.05, 0) is 24.1 Å². The van der Waals surface area contributed by atoms with E-state index in [9.17, 15) is 4.79 Å². The molecule has 5 heteroatoms. The molecule has 5 nitrogen and oxygen atoms in total. The van der Waals surface area contributed by atoms with E-state index in [0.29, 0.717) is 11.3 Å². The molecule has 2 aromatic carbocycles. The number of fused-ring (bicyclic) bond motifs is 1. The van der Waals surface area contributed by atoms with E-state index in [2.05, 4.69) is 50.1 Å². The number of para-hydroxylation sites is 1. The van der Waals surface area contributed by atoms with Crippen molar-refractivity contribution in [3.63, 3.8) is 0 Å².